The zero-order valence-corrected chi connectivity index (χ0v) is 11.8. The Morgan fingerprint density at radius 1 is 1.28 bits per heavy atom. The van der Waals surface area contributed by atoms with Crippen LogP contribution in [0.5, 0.6) is 0 Å². The third-order valence-corrected chi connectivity index (χ3v) is 3.74. The number of nitrogens with two attached hydrogens (primary N) is 1. The summed E-state index contributed by atoms with van der Waals surface area (Å²) in [4.78, 5) is 2.32. The summed E-state index contributed by atoms with van der Waals surface area (Å²) in [6.07, 6.45) is 1.09. The molecule has 0 aliphatic heterocycles. The number of aliphatic hydroxyl groups excluding tert-OH is 1. The summed E-state index contributed by atoms with van der Waals surface area (Å²) in [6, 6.07) is 10.3. The molecule has 0 aliphatic carbocycles. The lowest BCUT2D eigenvalue weighted by Crippen LogP contribution is -2.52. The fraction of sp³-hybridized carbons (Fsp3) is 0.600. The average Bonchev–Trinajstić information content (AvgIpc) is 2.44. The fourth-order valence-corrected chi connectivity index (χ4v) is 2.20. The van der Waals surface area contributed by atoms with E-state index >= 15 is 0 Å². The van der Waals surface area contributed by atoms with Crippen molar-refractivity contribution in [3.8, 4) is 0 Å². The Bertz CT molecular complexity index is 342. The van der Waals surface area contributed by atoms with Gasteiger partial charge in [-0.3, -0.25) is 4.90 Å². The largest absolute Gasteiger partial charge is 0.394 e. The number of benzene rings is 1. The standard InChI is InChI=1S/C15H26N2O/c1-4-13(3)17(5-2)11-15(16,12-18)14-9-7-6-8-10-14/h6-10,13,18H,4-5,11-12,16H2,1-3H3. The summed E-state index contributed by atoms with van der Waals surface area (Å²) >= 11 is 0. The van der Waals surface area contributed by atoms with Crippen LogP contribution in [0.4, 0.5) is 0 Å². The third kappa shape index (κ3) is 3.55. The van der Waals surface area contributed by atoms with Crippen molar-refractivity contribution in [3.63, 3.8) is 0 Å². The van der Waals surface area contributed by atoms with Crippen LogP contribution in [0.25, 0.3) is 0 Å². The SMILES string of the molecule is CCC(C)N(CC)CC(N)(CO)c1ccccc1. The molecule has 0 spiro atoms. The van der Waals surface area contributed by atoms with E-state index in [1.165, 1.54) is 0 Å². The first kappa shape index (κ1) is 15.2. The van der Waals surface area contributed by atoms with Crippen LogP contribution in [0.2, 0.25) is 0 Å². The highest BCUT2D eigenvalue weighted by atomic mass is 16.3. The first-order valence-corrected chi connectivity index (χ1v) is 6.76. The third-order valence-electron chi connectivity index (χ3n) is 3.74. The van der Waals surface area contributed by atoms with E-state index in [4.69, 9.17) is 5.73 Å². The predicted molar refractivity (Wildman–Crippen MR) is 76.4 cm³/mol. The summed E-state index contributed by atoms with van der Waals surface area (Å²) < 4.78 is 0. The van der Waals surface area contributed by atoms with Gasteiger partial charge in [0.1, 0.15) is 0 Å². The highest BCUT2D eigenvalue weighted by Crippen LogP contribution is 2.20. The quantitative estimate of drug-likeness (QED) is 0.777. The van der Waals surface area contributed by atoms with E-state index in [1.54, 1.807) is 0 Å². The maximum Gasteiger partial charge on any atom is 0.0773 e. The summed E-state index contributed by atoms with van der Waals surface area (Å²) in [5.74, 6) is 0. The molecule has 0 saturated carbocycles. The van der Waals surface area contributed by atoms with Gasteiger partial charge in [-0.2, -0.15) is 0 Å². The highest BCUT2D eigenvalue weighted by molar-refractivity contribution is 5.24. The molecule has 0 heterocycles. The zero-order chi connectivity index (χ0) is 13.6. The molecule has 102 valence electrons. The van der Waals surface area contributed by atoms with Crippen LogP contribution >= 0.6 is 0 Å². The van der Waals surface area contributed by atoms with Gasteiger partial charge in [-0.1, -0.05) is 44.2 Å². The van der Waals surface area contributed by atoms with Gasteiger partial charge in [0.2, 0.25) is 0 Å². The maximum absolute atomic E-state index is 9.69. The topological polar surface area (TPSA) is 49.5 Å². The number of nitrogens with zero attached hydrogens (tertiary/aromatic N) is 1. The molecule has 18 heavy (non-hydrogen) atoms. The lowest BCUT2D eigenvalue weighted by atomic mass is 9.90. The number of aliphatic hydroxyl groups is 1. The molecule has 0 saturated heterocycles. The van der Waals surface area contributed by atoms with Gasteiger partial charge < -0.3 is 10.8 Å². The summed E-state index contributed by atoms with van der Waals surface area (Å²) in [7, 11) is 0. The Balaban J connectivity index is 2.88. The highest BCUT2D eigenvalue weighted by Gasteiger charge is 2.29. The van der Waals surface area contributed by atoms with Crippen LogP contribution in [0.3, 0.4) is 0 Å². The van der Waals surface area contributed by atoms with E-state index in [1.807, 2.05) is 30.3 Å². The van der Waals surface area contributed by atoms with Crippen LogP contribution in [0.1, 0.15) is 32.8 Å². The summed E-state index contributed by atoms with van der Waals surface area (Å²) in [5.41, 5.74) is 6.71. The summed E-state index contributed by atoms with van der Waals surface area (Å²) in [5, 5.41) is 9.69. The van der Waals surface area contributed by atoms with Gasteiger partial charge in [-0.25, -0.2) is 0 Å². The van der Waals surface area contributed by atoms with Crippen molar-refractivity contribution in [3.05, 3.63) is 35.9 Å². The van der Waals surface area contributed by atoms with Crippen molar-refractivity contribution >= 4 is 0 Å². The average molecular weight is 250 g/mol. The van der Waals surface area contributed by atoms with Crippen LogP contribution in [0.15, 0.2) is 30.3 Å². The van der Waals surface area contributed by atoms with Gasteiger partial charge in [0, 0.05) is 12.6 Å². The van der Waals surface area contributed by atoms with E-state index in [9.17, 15) is 5.11 Å². The van der Waals surface area contributed by atoms with Crippen molar-refractivity contribution in [2.75, 3.05) is 19.7 Å². The lowest BCUT2D eigenvalue weighted by Gasteiger charge is -2.37. The zero-order valence-electron chi connectivity index (χ0n) is 11.8. The molecule has 0 aromatic heterocycles. The van der Waals surface area contributed by atoms with Crippen molar-refractivity contribution in [2.45, 2.75) is 38.8 Å². The monoisotopic (exact) mass is 250 g/mol. The van der Waals surface area contributed by atoms with Crippen LogP contribution < -0.4 is 5.73 Å². The number of hydrogen-bond acceptors (Lipinski definition) is 3. The second-order valence-electron chi connectivity index (χ2n) is 5.00. The molecule has 1 rings (SSSR count). The van der Waals surface area contributed by atoms with Gasteiger partial charge in [-0.15, -0.1) is 0 Å². The Morgan fingerprint density at radius 3 is 2.33 bits per heavy atom. The van der Waals surface area contributed by atoms with E-state index in [-0.39, 0.29) is 6.61 Å². The van der Waals surface area contributed by atoms with Gasteiger partial charge in [0.05, 0.1) is 12.1 Å². The lowest BCUT2D eigenvalue weighted by molar-refractivity contribution is 0.114. The van der Waals surface area contributed by atoms with E-state index in [2.05, 4.69) is 25.7 Å². The van der Waals surface area contributed by atoms with Crippen molar-refractivity contribution in [1.29, 1.82) is 0 Å². The molecule has 3 heteroatoms. The van der Waals surface area contributed by atoms with Crippen molar-refractivity contribution < 1.29 is 5.11 Å². The Labute approximate surface area is 111 Å². The predicted octanol–water partition coefficient (Wildman–Crippen LogP) is 1.95. The molecule has 2 atom stereocenters. The molecule has 0 amide bonds. The van der Waals surface area contributed by atoms with E-state index in [0.29, 0.717) is 12.6 Å². The molecule has 3 nitrogen and oxygen atoms in total. The molecular formula is C15H26N2O. The molecule has 0 radical (unpaired) electrons. The summed E-state index contributed by atoms with van der Waals surface area (Å²) in [6.45, 7) is 8.10. The molecule has 1 aromatic rings. The van der Waals surface area contributed by atoms with Gasteiger partial charge in [0.25, 0.3) is 0 Å². The normalized spacial score (nSPS) is 16.6. The molecule has 1 aromatic carbocycles. The molecular weight excluding hydrogens is 224 g/mol. The van der Waals surface area contributed by atoms with E-state index in [0.717, 1.165) is 18.5 Å². The molecule has 2 unspecified atom stereocenters. The smallest absolute Gasteiger partial charge is 0.0773 e. The molecule has 0 aliphatic rings. The number of hydrogen-bond donors (Lipinski definition) is 2. The molecule has 3 N–H and O–H groups in total. The van der Waals surface area contributed by atoms with Crippen molar-refractivity contribution in [2.24, 2.45) is 5.73 Å². The van der Waals surface area contributed by atoms with E-state index < -0.39 is 5.54 Å². The van der Waals surface area contributed by atoms with Gasteiger partial charge in [0.15, 0.2) is 0 Å². The minimum absolute atomic E-state index is 0.0378. The minimum atomic E-state index is -0.680. The first-order valence-electron chi connectivity index (χ1n) is 6.76. The van der Waals surface area contributed by atoms with Crippen molar-refractivity contribution in [1.82, 2.24) is 4.90 Å². The van der Waals surface area contributed by atoms with Gasteiger partial charge in [-0.05, 0) is 25.5 Å². The Kier molecular flexibility index (Phi) is 5.79. The van der Waals surface area contributed by atoms with Crippen LogP contribution in [-0.4, -0.2) is 35.7 Å². The molecule has 0 bridgehead atoms. The Morgan fingerprint density at radius 2 is 1.89 bits per heavy atom. The van der Waals surface area contributed by atoms with Gasteiger partial charge >= 0.3 is 0 Å². The second kappa shape index (κ2) is 6.88. The number of likely N-dealkylation sites (N-methyl/N-ethyl adjacent to an activating group) is 1. The molecule has 0 fully saturated rings. The van der Waals surface area contributed by atoms with Crippen LogP contribution in [0, 0.1) is 0 Å². The minimum Gasteiger partial charge on any atom is -0.394 e. The fourth-order valence-electron chi connectivity index (χ4n) is 2.20. The second-order valence-corrected chi connectivity index (χ2v) is 5.00. The number of rotatable bonds is 7. The maximum atomic E-state index is 9.69. The van der Waals surface area contributed by atoms with Crippen LogP contribution in [-0.2, 0) is 5.54 Å². The Hall–Kier alpha value is -0.900. The first-order chi connectivity index (χ1) is 8.57.